The zero-order valence-electron chi connectivity index (χ0n) is 11.3. The fourth-order valence-corrected chi connectivity index (χ4v) is 2.54. The van der Waals surface area contributed by atoms with Crippen LogP contribution in [0.4, 0.5) is 10.1 Å². The van der Waals surface area contributed by atoms with Crippen LogP contribution < -0.4 is 5.32 Å². The molecule has 0 radical (unpaired) electrons. The summed E-state index contributed by atoms with van der Waals surface area (Å²) in [5.74, 6) is -1.82. The molecular formula is C14H16ClFN2O3. The number of aliphatic carboxylic acids is 1. The molecule has 1 aliphatic rings. The summed E-state index contributed by atoms with van der Waals surface area (Å²) in [6.45, 7) is 1.31. The summed E-state index contributed by atoms with van der Waals surface area (Å²) in [6, 6.07) is 3.77. The molecule has 114 valence electrons. The number of carboxylic acids is 1. The summed E-state index contributed by atoms with van der Waals surface area (Å²) in [6.07, 6.45) is 1.08. The van der Waals surface area contributed by atoms with E-state index in [4.69, 9.17) is 16.7 Å². The zero-order valence-corrected chi connectivity index (χ0v) is 12.1. The topological polar surface area (TPSA) is 69.6 Å². The highest BCUT2D eigenvalue weighted by Crippen LogP contribution is 2.22. The van der Waals surface area contributed by atoms with Gasteiger partial charge in [0.05, 0.1) is 23.2 Å². The smallest absolute Gasteiger partial charge is 0.306 e. The Morgan fingerprint density at radius 1 is 1.38 bits per heavy atom. The van der Waals surface area contributed by atoms with Gasteiger partial charge >= 0.3 is 5.97 Å². The molecule has 1 saturated heterocycles. The number of piperidine rings is 1. The van der Waals surface area contributed by atoms with Crippen LogP contribution in [0.3, 0.4) is 0 Å². The first-order chi connectivity index (χ1) is 9.95. The first kappa shape index (κ1) is 15.7. The standard InChI is InChI=1S/C14H16ClFN2O3/c15-11-7-10(16)1-2-12(11)17-13(19)8-18-5-3-9(4-6-18)14(20)21/h1-2,7,9H,3-6,8H2,(H,17,19)(H,20,21). The number of amides is 1. The van der Waals surface area contributed by atoms with Crippen molar-refractivity contribution in [1.82, 2.24) is 4.90 Å². The Morgan fingerprint density at radius 3 is 2.62 bits per heavy atom. The highest BCUT2D eigenvalue weighted by Gasteiger charge is 2.25. The van der Waals surface area contributed by atoms with E-state index in [0.29, 0.717) is 31.6 Å². The van der Waals surface area contributed by atoms with E-state index in [1.807, 2.05) is 4.90 Å². The van der Waals surface area contributed by atoms with Gasteiger partial charge in [-0.2, -0.15) is 0 Å². The Morgan fingerprint density at radius 2 is 2.05 bits per heavy atom. The average Bonchev–Trinajstić information content (AvgIpc) is 2.42. The SMILES string of the molecule is O=C(CN1CCC(C(=O)O)CC1)Nc1ccc(F)cc1Cl. The summed E-state index contributed by atoms with van der Waals surface area (Å²) in [5.41, 5.74) is 0.364. The van der Waals surface area contributed by atoms with Crippen LogP contribution in [-0.2, 0) is 9.59 Å². The number of carbonyl (C=O) groups excluding carboxylic acids is 1. The number of likely N-dealkylation sites (tertiary alicyclic amines) is 1. The second kappa shape index (κ2) is 6.87. The van der Waals surface area contributed by atoms with Crippen molar-refractivity contribution < 1.29 is 19.1 Å². The van der Waals surface area contributed by atoms with E-state index in [1.165, 1.54) is 12.1 Å². The molecule has 7 heteroatoms. The number of benzene rings is 1. The fraction of sp³-hybridized carbons (Fsp3) is 0.429. The monoisotopic (exact) mass is 314 g/mol. The third-order valence-electron chi connectivity index (χ3n) is 3.51. The molecule has 0 saturated carbocycles. The third kappa shape index (κ3) is 4.41. The van der Waals surface area contributed by atoms with Crippen molar-refractivity contribution in [1.29, 1.82) is 0 Å². The molecular weight excluding hydrogens is 299 g/mol. The predicted octanol–water partition coefficient (Wildman–Crippen LogP) is 2.21. The molecule has 2 N–H and O–H groups in total. The van der Waals surface area contributed by atoms with Crippen molar-refractivity contribution in [2.24, 2.45) is 5.92 Å². The number of carboxylic acid groups (broad SMARTS) is 1. The number of nitrogens with zero attached hydrogens (tertiary/aromatic N) is 1. The molecule has 1 aliphatic heterocycles. The molecule has 21 heavy (non-hydrogen) atoms. The lowest BCUT2D eigenvalue weighted by Crippen LogP contribution is -2.40. The van der Waals surface area contributed by atoms with Crippen LogP contribution in [-0.4, -0.2) is 41.5 Å². The third-order valence-corrected chi connectivity index (χ3v) is 3.82. The average molecular weight is 315 g/mol. The maximum atomic E-state index is 12.9. The molecule has 1 amide bonds. The van der Waals surface area contributed by atoms with Crippen LogP contribution in [0.1, 0.15) is 12.8 Å². The lowest BCUT2D eigenvalue weighted by Gasteiger charge is -2.29. The molecule has 0 aromatic heterocycles. The van der Waals surface area contributed by atoms with Crippen molar-refractivity contribution in [2.45, 2.75) is 12.8 Å². The van der Waals surface area contributed by atoms with Gasteiger partial charge in [0.15, 0.2) is 0 Å². The first-order valence-electron chi connectivity index (χ1n) is 6.66. The molecule has 0 bridgehead atoms. The summed E-state index contributed by atoms with van der Waals surface area (Å²) < 4.78 is 12.9. The highest BCUT2D eigenvalue weighted by molar-refractivity contribution is 6.33. The predicted molar refractivity (Wildman–Crippen MR) is 76.8 cm³/mol. The van der Waals surface area contributed by atoms with Gasteiger partial charge in [0, 0.05) is 0 Å². The number of rotatable bonds is 4. The van der Waals surface area contributed by atoms with Crippen molar-refractivity contribution in [3.05, 3.63) is 29.0 Å². The Labute approximate surface area is 126 Å². The van der Waals surface area contributed by atoms with E-state index >= 15 is 0 Å². The maximum absolute atomic E-state index is 12.9. The van der Waals surface area contributed by atoms with Gasteiger partial charge in [-0.05, 0) is 44.1 Å². The van der Waals surface area contributed by atoms with Crippen LogP contribution in [0.15, 0.2) is 18.2 Å². The molecule has 2 rings (SSSR count). The van der Waals surface area contributed by atoms with Gasteiger partial charge in [-0.25, -0.2) is 4.39 Å². The van der Waals surface area contributed by atoms with Crippen molar-refractivity contribution in [3.63, 3.8) is 0 Å². The molecule has 0 aliphatic carbocycles. The molecule has 0 spiro atoms. The van der Waals surface area contributed by atoms with Gasteiger partial charge in [-0.1, -0.05) is 11.6 Å². The number of hydrogen-bond donors (Lipinski definition) is 2. The van der Waals surface area contributed by atoms with Crippen LogP contribution in [0, 0.1) is 11.7 Å². The summed E-state index contributed by atoms with van der Waals surface area (Å²) in [5, 5.41) is 11.7. The lowest BCUT2D eigenvalue weighted by atomic mass is 9.97. The Hall–Kier alpha value is -1.66. The number of carbonyl (C=O) groups is 2. The minimum atomic E-state index is -0.780. The molecule has 1 heterocycles. The molecule has 0 unspecified atom stereocenters. The second-order valence-electron chi connectivity index (χ2n) is 5.06. The summed E-state index contributed by atoms with van der Waals surface area (Å²) in [4.78, 5) is 24.7. The quantitative estimate of drug-likeness (QED) is 0.894. The van der Waals surface area contributed by atoms with Gasteiger partial charge < -0.3 is 10.4 Å². The minimum Gasteiger partial charge on any atom is -0.481 e. The Balaban J connectivity index is 1.84. The largest absolute Gasteiger partial charge is 0.481 e. The van der Waals surface area contributed by atoms with Crippen LogP contribution in [0.25, 0.3) is 0 Å². The van der Waals surface area contributed by atoms with Gasteiger partial charge in [-0.15, -0.1) is 0 Å². The Kier molecular flexibility index (Phi) is 5.14. The summed E-state index contributed by atoms with van der Waals surface area (Å²) in [7, 11) is 0. The molecule has 0 atom stereocenters. The fourth-order valence-electron chi connectivity index (χ4n) is 2.32. The van der Waals surface area contributed by atoms with Gasteiger partial charge in [0.1, 0.15) is 5.82 Å². The normalized spacial score (nSPS) is 16.7. The van der Waals surface area contributed by atoms with Crippen LogP contribution in [0.2, 0.25) is 5.02 Å². The minimum absolute atomic E-state index is 0.146. The molecule has 1 fully saturated rings. The van der Waals surface area contributed by atoms with Crippen molar-refractivity contribution in [3.8, 4) is 0 Å². The van der Waals surface area contributed by atoms with Crippen LogP contribution in [0.5, 0.6) is 0 Å². The number of hydrogen-bond acceptors (Lipinski definition) is 3. The molecule has 1 aromatic carbocycles. The zero-order chi connectivity index (χ0) is 15.4. The van der Waals surface area contributed by atoms with Gasteiger partial charge in [-0.3, -0.25) is 14.5 Å². The van der Waals surface area contributed by atoms with E-state index in [-0.39, 0.29) is 23.4 Å². The van der Waals surface area contributed by atoms with Gasteiger partial charge in [0.25, 0.3) is 0 Å². The molecule has 1 aromatic rings. The molecule has 5 nitrogen and oxygen atoms in total. The van der Waals surface area contributed by atoms with E-state index in [0.717, 1.165) is 6.07 Å². The lowest BCUT2D eigenvalue weighted by molar-refractivity contribution is -0.143. The van der Waals surface area contributed by atoms with E-state index in [1.54, 1.807) is 0 Å². The second-order valence-corrected chi connectivity index (χ2v) is 5.47. The van der Waals surface area contributed by atoms with Crippen molar-refractivity contribution in [2.75, 3.05) is 25.0 Å². The van der Waals surface area contributed by atoms with E-state index in [2.05, 4.69) is 5.32 Å². The number of halogens is 2. The van der Waals surface area contributed by atoms with E-state index in [9.17, 15) is 14.0 Å². The summed E-state index contributed by atoms with van der Waals surface area (Å²) >= 11 is 5.84. The maximum Gasteiger partial charge on any atom is 0.306 e. The number of anilines is 1. The Bertz CT molecular complexity index is 545. The van der Waals surface area contributed by atoms with Gasteiger partial charge in [0.2, 0.25) is 5.91 Å². The van der Waals surface area contributed by atoms with Crippen LogP contribution >= 0.6 is 11.6 Å². The van der Waals surface area contributed by atoms with Crippen molar-refractivity contribution >= 4 is 29.2 Å². The first-order valence-corrected chi connectivity index (χ1v) is 7.03. The number of nitrogens with one attached hydrogen (secondary N) is 1. The highest BCUT2D eigenvalue weighted by atomic mass is 35.5. The van der Waals surface area contributed by atoms with E-state index < -0.39 is 11.8 Å².